The van der Waals surface area contributed by atoms with Gasteiger partial charge in [-0.1, -0.05) is 30.2 Å². The summed E-state index contributed by atoms with van der Waals surface area (Å²) in [6.07, 6.45) is -1.03. The summed E-state index contributed by atoms with van der Waals surface area (Å²) in [4.78, 5) is 25.2. The smallest absolute Gasteiger partial charge is 0.416 e. The quantitative estimate of drug-likeness (QED) is 0.457. The van der Waals surface area contributed by atoms with E-state index in [-0.39, 0.29) is 11.9 Å². The van der Waals surface area contributed by atoms with E-state index in [4.69, 9.17) is 4.74 Å². The summed E-state index contributed by atoms with van der Waals surface area (Å²) >= 11 is 0. The second kappa shape index (κ2) is 9.40. The zero-order valence-corrected chi connectivity index (χ0v) is 20.6. The predicted molar refractivity (Wildman–Crippen MR) is 132 cm³/mol. The van der Waals surface area contributed by atoms with E-state index in [1.807, 2.05) is 65.1 Å². The molecule has 2 aromatic carbocycles. The van der Waals surface area contributed by atoms with Crippen LogP contribution >= 0.6 is 0 Å². The average molecular weight is 451 g/mol. The van der Waals surface area contributed by atoms with Crippen LogP contribution in [0.1, 0.15) is 55.9 Å². The number of carbonyl (C=O) groups excluding carboxylic acids is 1. The minimum atomic E-state index is -1.03. The van der Waals surface area contributed by atoms with Crippen LogP contribution < -0.4 is 5.32 Å². The molecule has 0 amide bonds. The molecule has 33 heavy (non-hydrogen) atoms. The number of benzene rings is 2. The van der Waals surface area contributed by atoms with E-state index in [0.29, 0.717) is 24.4 Å². The molecule has 0 saturated heterocycles. The molecule has 176 valence electrons. The fraction of sp³-hybridized carbons (Fsp3) is 0.407. The molecule has 3 rings (SSSR count). The van der Waals surface area contributed by atoms with Crippen molar-refractivity contribution >= 4 is 23.0 Å². The van der Waals surface area contributed by atoms with Crippen molar-refractivity contribution in [3.05, 3.63) is 58.7 Å². The van der Waals surface area contributed by atoms with Crippen molar-refractivity contribution in [3.8, 4) is 11.3 Å². The molecular formula is C27H34N2O4. The molecule has 0 aliphatic rings. The second-order valence-electron chi connectivity index (χ2n) is 9.29. The Kier molecular flexibility index (Phi) is 6.98. The highest BCUT2D eigenvalue weighted by Gasteiger charge is 2.33. The number of hydrogen-bond donors (Lipinski definition) is 2. The van der Waals surface area contributed by atoms with Crippen LogP contribution in [0.15, 0.2) is 36.4 Å². The van der Waals surface area contributed by atoms with Crippen LogP contribution in [-0.4, -0.2) is 41.9 Å². The number of likely N-dealkylation sites (N-methyl/N-ethyl adjacent to an activating group) is 1. The van der Waals surface area contributed by atoms with E-state index in [2.05, 4.69) is 18.3 Å². The number of aromatic nitrogens is 1. The van der Waals surface area contributed by atoms with E-state index in [1.165, 1.54) is 4.57 Å². The Balaban J connectivity index is 2.41. The van der Waals surface area contributed by atoms with Gasteiger partial charge < -0.3 is 15.2 Å². The monoisotopic (exact) mass is 450 g/mol. The number of aryl methyl sites for hydroxylation is 2. The van der Waals surface area contributed by atoms with Gasteiger partial charge in [-0.2, -0.15) is 0 Å². The molecule has 0 aliphatic carbocycles. The molecule has 0 saturated carbocycles. The van der Waals surface area contributed by atoms with E-state index in [0.717, 1.165) is 33.2 Å². The number of nitrogens with zero attached hydrogens (tertiary/aromatic N) is 1. The van der Waals surface area contributed by atoms with Crippen LogP contribution in [0, 0.1) is 13.8 Å². The molecule has 6 heteroatoms. The van der Waals surface area contributed by atoms with Gasteiger partial charge >= 0.3 is 12.1 Å². The van der Waals surface area contributed by atoms with Crippen molar-refractivity contribution in [2.75, 3.05) is 20.2 Å². The minimum Gasteiger partial charge on any atom is -0.465 e. The van der Waals surface area contributed by atoms with Gasteiger partial charge in [0, 0.05) is 11.9 Å². The first-order valence-electron chi connectivity index (χ1n) is 11.4. The summed E-state index contributed by atoms with van der Waals surface area (Å²) in [5.74, 6) is -0.267. The highest BCUT2D eigenvalue weighted by molar-refractivity contribution is 6.00. The van der Waals surface area contributed by atoms with Crippen LogP contribution in [0.4, 0.5) is 4.79 Å². The van der Waals surface area contributed by atoms with Crippen molar-refractivity contribution in [2.24, 2.45) is 0 Å². The summed E-state index contributed by atoms with van der Waals surface area (Å²) in [5.41, 5.74) is 5.19. The Morgan fingerprint density at radius 1 is 1.12 bits per heavy atom. The maximum Gasteiger partial charge on any atom is 0.416 e. The molecule has 1 atom stereocenters. The summed E-state index contributed by atoms with van der Waals surface area (Å²) in [5, 5.41) is 14.3. The molecule has 0 radical (unpaired) electrons. The van der Waals surface area contributed by atoms with Gasteiger partial charge in [0.1, 0.15) is 0 Å². The van der Waals surface area contributed by atoms with Crippen molar-refractivity contribution in [1.82, 2.24) is 9.88 Å². The van der Waals surface area contributed by atoms with Gasteiger partial charge in [-0.3, -0.25) is 4.79 Å². The second-order valence-corrected chi connectivity index (χ2v) is 9.29. The standard InChI is InChI=1S/C27H34N2O4/c1-8-33-25(30)27(5,6)20-9-10-22-21(14-20)23(18(4)15-28-7)24(29(22)26(31)32)19-12-16(2)11-17(3)13-19/h9-14,18,28H,8,15H2,1-7H3,(H,31,32). The Morgan fingerprint density at radius 3 is 2.30 bits per heavy atom. The zero-order chi connectivity index (χ0) is 24.5. The van der Waals surface area contributed by atoms with Crippen molar-refractivity contribution < 1.29 is 19.4 Å². The first-order chi connectivity index (χ1) is 15.5. The Labute approximate surface area is 195 Å². The molecule has 3 aromatic rings. The highest BCUT2D eigenvalue weighted by Crippen LogP contribution is 2.41. The first-order valence-corrected chi connectivity index (χ1v) is 11.4. The highest BCUT2D eigenvalue weighted by atomic mass is 16.5. The van der Waals surface area contributed by atoms with Gasteiger partial charge in [-0.25, -0.2) is 9.36 Å². The predicted octanol–water partition coefficient (Wildman–Crippen LogP) is 5.61. The normalized spacial score (nSPS) is 12.7. The van der Waals surface area contributed by atoms with Gasteiger partial charge in [0.15, 0.2) is 0 Å². The summed E-state index contributed by atoms with van der Waals surface area (Å²) in [6, 6.07) is 11.7. The third-order valence-electron chi connectivity index (χ3n) is 6.20. The number of carboxylic acid groups (broad SMARTS) is 1. The Bertz CT molecular complexity index is 1190. The van der Waals surface area contributed by atoms with E-state index in [1.54, 1.807) is 6.92 Å². The average Bonchev–Trinajstić information content (AvgIpc) is 3.08. The lowest BCUT2D eigenvalue weighted by Crippen LogP contribution is -2.31. The Hall–Kier alpha value is -3.12. The lowest BCUT2D eigenvalue weighted by molar-refractivity contribution is -0.148. The number of hydrogen-bond acceptors (Lipinski definition) is 4. The van der Waals surface area contributed by atoms with Gasteiger partial charge in [-0.15, -0.1) is 0 Å². The summed E-state index contributed by atoms with van der Waals surface area (Å²) < 4.78 is 6.69. The first kappa shape index (κ1) is 24.5. The van der Waals surface area contributed by atoms with E-state index >= 15 is 0 Å². The van der Waals surface area contributed by atoms with Crippen molar-refractivity contribution in [3.63, 3.8) is 0 Å². The fourth-order valence-corrected chi connectivity index (χ4v) is 4.64. The lowest BCUT2D eigenvalue weighted by Gasteiger charge is -2.23. The number of esters is 1. The molecule has 1 aromatic heterocycles. The molecule has 1 unspecified atom stereocenters. The van der Waals surface area contributed by atoms with Crippen LogP contribution in [-0.2, 0) is 14.9 Å². The topological polar surface area (TPSA) is 80.6 Å². The van der Waals surface area contributed by atoms with Gasteiger partial charge in [0.05, 0.1) is 23.2 Å². The SMILES string of the molecule is CCOC(=O)C(C)(C)c1ccc2c(c1)c(C(C)CNC)c(-c1cc(C)cc(C)c1)n2C(=O)O. The fourth-order valence-electron chi connectivity index (χ4n) is 4.64. The summed E-state index contributed by atoms with van der Waals surface area (Å²) in [6.45, 7) is 12.6. The van der Waals surface area contributed by atoms with Gasteiger partial charge in [0.2, 0.25) is 0 Å². The van der Waals surface area contributed by atoms with Gasteiger partial charge in [0.25, 0.3) is 0 Å². The minimum absolute atomic E-state index is 0.0369. The molecule has 2 N–H and O–H groups in total. The van der Waals surface area contributed by atoms with Gasteiger partial charge in [-0.05, 0) is 88.5 Å². The molecule has 0 aliphatic heterocycles. The number of carbonyl (C=O) groups is 2. The molecular weight excluding hydrogens is 416 g/mol. The third-order valence-corrected chi connectivity index (χ3v) is 6.20. The van der Waals surface area contributed by atoms with Crippen LogP contribution in [0.2, 0.25) is 0 Å². The number of rotatable bonds is 7. The van der Waals surface area contributed by atoms with Crippen LogP contribution in [0.25, 0.3) is 22.2 Å². The molecule has 0 spiro atoms. The molecule has 0 bridgehead atoms. The summed E-state index contributed by atoms with van der Waals surface area (Å²) in [7, 11) is 1.89. The van der Waals surface area contributed by atoms with E-state index < -0.39 is 11.5 Å². The Morgan fingerprint density at radius 2 is 1.76 bits per heavy atom. The maximum atomic E-state index is 12.7. The number of fused-ring (bicyclic) bond motifs is 1. The molecule has 1 heterocycles. The lowest BCUT2D eigenvalue weighted by atomic mass is 9.83. The van der Waals surface area contributed by atoms with Crippen molar-refractivity contribution in [2.45, 2.75) is 52.9 Å². The van der Waals surface area contributed by atoms with Crippen LogP contribution in [0.5, 0.6) is 0 Å². The molecule has 6 nitrogen and oxygen atoms in total. The maximum absolute atomic E-state index is 12.7. The largest absolute Gasteiger partial charge is 0.465 e. The van der Waals surface area contributed by atoms with E-state index in [9.17, 15) is 14.7 Å². The number of ether oxygens (including phenoxy) is 1. The zero-order valence-electron chi connectivity index (χ0n) is 20.6. The number of nitrogens with one attached hydrogen (secondary N) is 1. The van der Waals surface area contributed by atoms with Crippen LogP contribution in [0.3, 0.4) is 0 Å². The van der Waals surface area contributed by atoms with Crippen molar-refractivity contribution in [1.29, 1.82) is 0 Å². The molecule has 0 fully saturated rings. The third kappa shape index (κ3) is 4.53.